The molecular formula is C21H23ClN2O3. The highest BCUT2D eigenvalue weighted by molar-refractivity contribution is 6.30. The summed E-state index contributed by atoms with van der Waals surface area (Å²) in [6, 6.07) is 12.7. The SMILES string of the molecule is Cc1ccc(C(=O)N2CCN(C(=O)COc3ccc(Cl)cc3)CC2)cc1C. The predicted octanol–water partition coefficient (Wildman–Crippen LogP) is 3.32. The number of ether oxygens (including phenoxy) is 1. The van der Waals surface area contributed by atoms with E-state index in [0.29, 0.717) is 42.5 Å². The molecule has 27 heavy (non-hydrogen) atoms. The minimum Gasteiger partial charge on any atom is -0.484 e. The molecule has 2 aromatic rings. The summed E-state index contributed by atoms with van der Waals surface area (Å²) >= 11 is 5.83. The smallest absolute Gasteiger partial charge is 0.260 e. The zero-order valence-corrected chi connectivity index (χ0v) is 16.3. The van der Waals surface area contributed by atoms with Gasteiger partial charge in [-0.25, -0.2) is 0 Å². The first-order valence-corrected chi connectivity index (χ1v) is 9.34. The lowest BCUT2D eigenvalue weighted by Gasteiger charge is -2.34. The van der Waals surface area contributed by atoms with Crippen LogP contribution in [-0.2, 0) is 4.79 Å². The molecule has 3 rings (SSSR count). The Morgan fingerprint density at radius 3 is 2.19 bits per heavy atom. The minimum absolute atomic E-state index is 0.0163. The van der Waals surface area contributed by atoms with Crippen LogP contribution in [0.4, 0.5) is 0 Å². The third-order valence-corrected chi connectivity index (χ3v) is 5.10. The van der Waals surface area contributed by atoms with Crippen LogP contribution in [0.1, 0.15) is 21.5 Å². The average Bonchev–Trinajstić information content (AvgIpc) is 2.69. The van der Waals surface area contributed by atoms with Crippen LogP contribution in [0.15, 0.2) is 42.5 Å². The van der Waals surface area contributed by atoms with E-state index in [4.69, 9.17) is 16.3 Å². The minimum atomic E-state index is -0.0803. The van der Waals surface area contributed by atoms with E-state index in [1.807, 2.05) is 32.0 Å². The van der Waals surface area contributed by atoms with Crippen molar-refractivity contribution in [3.8, 4) is 5.75 Å². The van der Waals surface area contributed by atoms with Crippen molar-refractivity contribution in [1.29, 1.82) is 0 Å². The van der Waals surface area contributed by atoms with Crippen molar-refractivity contribution in [2.45, 2.75) is 13.8 Å². The molecule has 0 aromatic heterocycles. The van der Waals surface area contributed by atoms with E-state index < -0.39 is 0 Å². The van der Waals surface area contributed by atoms with E-state index in [1.54, 1.807) is 34.1 Å². The molecule has 1 heterocycles. The third-order valence-electron chi connectivity index (χ3n) is 4.85. The Kier molecular flexibility index (Phi) is 6.01. The zero-order valence-electron chi connectivity index (χ0n) is 15.6. The van der Waals surface area contributed by atoms with Gasteiger partial charge in [0.05, 0.1) is 0 Å². The quantitative estimate of drug-likeness (QED) is 0.809. The van der Waals surface area contributed by atoms with Crippen molar-refractivity contribution in [3.63, 3.8) is 0 Å². The molecule has 0 aliphatic carbocycles. The van der Waals surface area contributed by atoms with E-state index in [2.05, 4.69) is 0 Å². The second-order valence-electron chi connectivity index (χ2n) is 6.71. The highest BCUT2D eigenvalue weighted by atomic mass is 35.5. The topological polar surface area (TPSA) is 49.9 Å². The van der Waals surface area contributed by atoms with Crippen LogP contribution < -0.4 is 4.74 Å². The number of hydrogen-bond donors (Lipinski definition) is 0. The largest absolute Gasteiger partial charge is 0.484 e. The second kappa shape index (κ2) is 8.44. The number of rotatable bonds is 4. The van der Waals surface area contributed by atoms with Crippen molar-refractivity contribution in [2.75, 3.05) is 32.8 Å². The lowest BCUT2D eigenvalue weighted by Crippen LogP contribution is -2.51. The van der Waals surface area contributed by atoms with Gasteiger partial charge in [-0.05, 0) is 61.4 Å². The summed E-state index contributed by atoms with van der Waals surface area (Å²) in [6.45, 7) is 6.09. The average molecular weight is 387 g/mol. The molecule has 2 aromatic carbocycles. The van der Waals surface area contributed by atoms with E-state index in [9.17, 15) is 9.59 Å². The number of nitrogens with zero attached hydrogens (tertiary/aromatic N) is 2. The van der Waals surface area contributed by atoms with Crippen LogP contribution >= 0.6 is 11.6 Å². The van der Waals surface area contributed by atoms with Gasteiger partial charge in [0.25, 0.3) is 11.8 Å². The fourth-order valence-electron chi connectivity index (χ4n) is 2.98. The maximum absolute atomic E-state index is 12.7. The summed E-state index contributed by atoms with van der Waals surface area (Å²) < 4.78 is 5.51. The van der Waals surface area contributed by atoms with Gasteiger partial charge in [-0.3, -0.25) is 9.59 Å². The molecule has 0 bridgehead atoms. The summed E-state index contributed by atoms with van der Waals surface area (Å²) in [4.78, 5) is 28.5. The Hall–Kier alpha value is -2.53. The van der Waals surface area contributed by atoms with Gasteiger partial charge in [-0.1, -0.05) is 17.7 Å². The number of carbonyl (C=O) groups excluding carboxylic acids is 2. The van der Waals surface area contributed by atoms with E-state index in [0.717, 1.165) is 5.56 Å². The molecule has 1 fully saturated rings. The van der Waals surface area contributed by atoms with E-state index >= 15 is 0 Å². The van der Waals surface area contributed by atoms with Gasteiger partial charge in [-0.2, -0.15) is 0 Å². The highest BCUT2D eigenvalue weighted by Crippen LogP contribution is 2.16. The zero-order chi connectivity index (χ0) is 19.4. The molecule has 0 saturated carbocycles. The number of carbonyl (C=O) groups is 2. The lowest BCUT2D eigenvalue weighted by molar-refractivity contribution is -0.134. The molecule has 0 spiro atoms. The maximum Gasteiger partial charge on any atom is 0.260 e. The first kappa shape index (κ1) is 19.2. The number of benzene rings is 2. The fourth-order valence-corrected chi connectivity index (χ4v) is 3.11. The molecule has 0 radical (unpaired) electrons. The Labute approximate surface area is 164 Å². The van der Waals surface area contributed by atoms with Crippen LogP contribution in [0.3, 0.4) is 0 Å². The van der Waals surface area contributed by atoms with Gasteiger partial charge in [0.2, 0.25) is 0 Å². The highest BCUT2D eigenvalue weighted by Gasteiger charge is 2.25. The maximum atomic E-state index is 12.7. The van der Waals surface area contributed by atoms with Crippen LogP contribution in [0.25, 0.3) is 0 Å². The van der Waals surface area contributed by atoms with Crippen molar-refractivity contribution in [2.24, 2.45) is 0 Å². The number of halogens is 1. The number of amides is 2. The second-order valence-corrected chi connectivity index (χ2v) is 7.15. The monoisotopic (exact) mass is 386 g/mol. The molecular weight excluding hydrogens is 364 g/mol. The Bertz CT molecular complexity index is 828. The van der Waals surface area contributed by atoms with Crippen LogP contribution in [0, 0.1) is 13.8 Å². The summed E-state index contributed by atoms with van der Waals surface area (Å²) in [5.41, 5.74) is 2.97. The summed E-state index contributed by atoms with van der Waals surface area (Å²) in [5.74, 6) is 0.544. The molecule has 0 atom stereocenters. The van der Waals surface area contributed by atoms with Gasteiger partial charge >= 0.3 is 0 Å². The molecule has 142 valence electrons. The van der Waals surface area contributed by atoms with Gasteiger partial charge in [0.1, 0.15) is 5.75 Å². The van der Waals surface area contributed by atoms with E-state index in [1.165, 1.54) is 5.56 Å². The van der Waals surface area contributed by atoms with Gasteiger partial charge < -0.3 is 14.5 Å². The van der Waals surface area contributed by atoms with Gasteiger partial charge in [0.15, 0.2) is 6.61 Å². The summed E-state index contributed by atoms with van der Waals surface area (Å²) in [6.07, 6.45) is 0. The van der Waals surface area contributed by atoms with Crippen LogP contribution in [0.2, 0.25) is 5.02 Å². The van der Waals surface area contributed by atoms with Crippen LogP contribution in [-0.4, -0.2) is 54.4 Å². The number of aryl methyl sites for hydroxylation is 2. The normalized spacial score (nSPS) is 14.2. The molecule has 1 aliphatic rings. The molecule has 2 amide bonds. The van der Waals surface area contributed by atoms with Crippen molar-refractivity contribution in [3.05, 3.63) is 64.2 Å². The fraction of sp³-hybridized carbons (Fsp3) is 0.333. The number of piperazine rings is 1. The number of hydrogen-bond acceptors (Lipinski definition) is 3. The molecule has 5 nitrogen and oxygen atoms in total. The van der Waals surface area contributed by atoms with Crippen LogP contribution in [0.5, 0.6) is 5.75 Å². The Balaban J connectivity index is 1.50. The summed E-state index contributed by atoms with van der Waals surface area (Å²) in [7, 11) is 0. The standard InChI is InChI=1S/C21H23ClN2O3/c1-15-3-4-17(13-16(15)2)21(26)24-11-9-23(10-12-24)20(25)14-27-19-7-5-18(22)6-8-19/h3-8,13H,9-12,14H2,1-2H3. The van der Waals surface area contributed by atoms with Crippen molar-refractivity contribution < 1.29 is 14.3 Å². The Morgan fingerprint density at radius 2 is 1.56 bits per heavy atom. The Morgan fingerprint density at radius 1 is 0.926 bits per heavy atom. The lowest BCUT2D eigenvalue weighted by atomic mass is 10.1. The first-order valence-electron chi connectivity index (χ1n) is 8.97. The molecule has 1 saturated heterocycles. The predicted molar refractivity (Wildman–Crippen MR) is 105 cm³/mol. The first-order chi connectivity index (χ1) is 12.9. The molecule has 0 unspecified atom stereocenters. The van der Waals surface area contributed by atoms with Crippen molar-refractivity contribution >= 4 is 23.4 Å². The van der Waals surface area contributed by atoms with Gasteiger partial charge in [0, 0.05) is 36.8 Å². The molecule has 0 N–H and O–H groups in total. The van der Waals surface area contributed by atoms with E-state index in [-0.39, 0.29) is 18.4 Å². The summed E-state index contributed by atoms with van der Waals surface area (Å²) in [5, 5.41) is 0.623. The third kappa shape index (κ3) is 4.80. The van der Waals surface area contributed by atoms with Gasteiger partial charge in [-0.15, -0.1) is 0 Å². The molecule has 1 aliphatic heterocycles. The molecule has 6 heteroatoms. The van der Waals surface area contributed by atoms with Crippen molar-refractivity contribution in [1.82, 2.24) is 9.80 Å².